The minimum absolute atomic E-state index is 0.0774. The molecule has 0 saturated carbocycles. The summed E-state index contributed by atoms with van der Waals surface area (Å²) in [6.07, 6.45) is -2.15. The summed E-state index contributed by atoms with van der Waals surface area (Å²) in [7, 11) is 0. The van der Waals surface area contributed by atoms with E-state index in [9.17, 15) is 27.6 Å². The molecule has 3 aromatic carbocycles. The lowest BCUT2D eigenvalue weighted by Crippen LogP contribution is -2.39. The zero-order chi connectivity index (χ0) is 35.7. The number of carboxylic acid groups (broad SMARTS) is 1. The zero-order valence-electron chi connectivity index (χ0n) is 26.8. The lowest BCUT2D eigenvalue weighted by Gasteiger charge is -2.24. The molecule has 1 fully saturated rings. The Kier molecular flexibility index (Phi) is 12.4. The Bertz CT molecular complexity index is 1680. The maximum Gasteiger partial charge on any atom is 0.490 e. The Balaban J connectivity index is 0.000000698. The van der Waals surface area contributed by atoms with Crippen LogP contribution < -0.4 is 4.90 Å². The third-order valence-electron chi connectivity index (χ3n) is 7.96. The number of amides is 2. The molecule has 3 aromatic rings. The highest BCUT2D eigenvalue weighted by molar-refractivity contribution is 6.30. The number of rotatable bonds is 8. The minimum Gasteiger partial charge on any atom is -0.475 e. The molecular weight excluding hydrogens is 665 g/mol. The molecule has 1 saturated heterocycles. The van der Waals surface area contributed by atoms with Crippen molar-refractivity contribution in [3.05, 3.63) is 99.6 Å². The first-order chi connectivity index (χ1) is 23.3. The molecule has 49 heavy (non-hydrogen) atoms. The summed E-state index contributed by atoms with van der Waals surface area (Å²) < 4.78 is 36.8. The molecular formula is C35H36ClF3N4O6. The fourth-order valence-corrected chi connectivity index (χ4v) is 5.57. The first kappa shape index (κ1) is 36.9. The molecule has 0 bridgehead atoms. The first-order valence-corrected chi connectivity index (χ1v) is 16.0. The van der Waals surface area contributed by atoms with Gasteiger partial charge in [-0.1, -0.05) is 48.0 Å². The van der Waals surface area contributed by atoms with Crippen LogP contribution in [-0.2, 0) is 38.6 Å². The van der Waals surface area contributed by atoms with Crippen molar-refractivity contribution in [1.82, 2.24) is 9.80 Å². The van der Waals surface area contributed by atoms with Crippen molar-refractivity contribution in [3.63, 3.8) is 0 Å². The summed E-state index contributed by atoms with van der Waals surface area (Å²) in [4.78, 5) is 53.5. The zero-order valence-corrected chi connectivity index (χ0v) is 27.5. The largest absolute Gasteiger partial charge is 0.490 e. The molecule has 2 aliphatic rings. The molecule has 14 heteroatoms. The minimum atomic E-state index is -5.08. The van der Waals surface area contributed by atoms with E-state index >= 15 is 0 Å². The molecule has 2 amide bonds. The fraction of sp³-hybridized carbons (Fsp3) is 0.343. The Morgan fingerprint density at radius 1 is 0.898 bits per heavy atom. The highest BCUT2D eigenvalue weighted by Gasteiger charge is 2.38. The number of amidine groups is 1. The third-order valence-corrected chi connectivity index (χ3v) is 8.22. The summed E-state index contributed by atoms with van der Waals surface area (Å²) in [5.41, 5.74) is 4.71. The predicted molar refractivity (Wildman–Crippen MR) is 177 cm³/mol. The second-order valence-corrected chi connectivity index (χ2v) is 11.9. The second-order valence-electron chi connectivity index (χ2n) is 11.5. The van der Waals surface area contributed by atoms with Crippen LogP contribution in [0.1, 0.15) is 58.8 Å². The summed E-state index contributed by atoms with van der Waals surface area (Å²) in [5, 5.41) is 16.2. The van der Waals surface area contributed by atoms with Gasteiger partial charge in [0.1, 0.15) is 12.4 Å². The van der Waals surface area contributed by atoms with Crippen molar-refractivity contribution in [3.8, 4) is 0 Å². The van der Waals surface area contributed by atoms with Gasteiger partial charge in [-0.25, -0.2) is 4.79 Å². The average molecular weight is 701 g/mol. The van der Waals surface area contributed by atoms with Crippen LogP contribution in [0.25, 0.3) is 0 Å². The van der Waals surface area contributed by atoms with Gasteiger partial charge < -0.3 is 24.5 Å². The molecule has 0 unspecified atom stereocenters. The molecule has 5 rings (SSSR count). The first-order valence-electron chi connectivity index (χ1n) is 15.6. The fourth-order valence-electron chi connectivity index (χ4n) is 5.44. The van der Waals surface area contributed by atoms with E-state index in [1.54, 1.807) is 41.0 Å². The quantitative estimate of drug-likeness (QED) is 0.166. The number of aryl methyl sites for hydroxylation is 1. The van der Waals surface area contributed by atoms with Gasteiger partial charge >= 0.3 is 18.1 Å². The van der Waals surface area contributed by atoms with Gasteiger partial charge in [0.05, 0.1) is 13.2 Å². The number of benzene rings is 3. The number of ether oxygens (including phenoxy) is 1. The number of halogens is 4. The van der Waals surface area contributed by atoms with Crippen molar-refractivity contribution >= 4 is 46.9 Å². The molecule has 0 atom stereocenters. The number of alkyl halides is 3. The van der Waals surface area contributed by atoms with Gasteiger partial charge in [0.15, 0.2) is 0 Å². The van der Waals surface area contributed by atoms with Crippen LogP contribution in [0.3, 0.4) is 0 Å². The molecule has 0 radical (unpaired) electrons. The highest BCUT2D eigenvalue weighted by atomic mass is 35.5. The predicted octanol–water partition coefficient (Wildman–Crippen LogP) is 6.08. The number of carboxylic acids is 1. The molecule has 10 nitrogen and oxygen atoms in total. The van der Waals surface area contributed by atoms with Gasteiger partial charge in [-0.05, 0) is 73.2 Å². The van der Waals surface area contributed by atoms with E-state index in [0.717, 1.165) is 53.9 Å². The van der Waals surface area contributed by atoms with Gasteiger partial charge in [-0.15, -0.1) is 0 Å². The molecule has 2 heterocycles. The topological polar surface area (TPSA) is 131 Å². The standard InChI is InChI=1S/C33H35ClN4O4.C2HF3O2/c1-2-42-31(40)16-8-23-5-11-27-21-37(33(41)26-12-14-28(34)15-13-26)22-30(39)38(29(27)19-23)20-24-6-9-25(10-7-24)32(35)36-17-3-4-18-36;3-2(4,5)1(6)7/h5-7,9-15,19,35H,2-4,8,16-18,20-22H2,1H3;(H,6,7). The van der Waals surface area contributed by atoms with E-state index in [1.807, 2.05) is 42.5 Å². The van der Waals surface area contributed by atoms with Gasteiger partial charge in [-0.3, -0.25) is 19.8 Å². The van der Waals surface area contributed by atoms with Crippen LogP contribution in [0.5, 0.6) is 0 Å². The van der Waals surface area contributed by atoms with Crippen molar-refractivity contribution in [2.24, 2.45) is 0 Å². The lowest BCUT2D eigenvalue weighted by molar-refractivity contribution is -0.192. The van der Waals surface area contributed by atoms with Gasteiger partial charge in [-0.2, -0.15) is 13.2 Å². The number of carbonyl (C=O) groups is 4. The van der Waals surface area contributed by atoms with Crippen LogP contribution in [0, 0.1) is 5.41 Å². The van der Waals surface area contributed by atoms with E-state index in [0.29, 0.717) is 36.0 Å². The number of aliphatic carboxylic acids is 1. The molecule has 0 spiro atoms. The van der Waals surface area contributed by atoms with E-state index < -0.39 is 12.1 Å². The van der Waals surface area contributed by atoms with Crippen molar-refractivity contribution in [2.45, 2.75) is 51.9 Å². The van der Waals surface area contributed by atoms with Gasteiger partial charge in [0.2, 0.25) is 5.91 Å². The molecule has 0 aliphatic carbocycles. The van der Waals surface area contributed by atoms with Crippen molar-refractivity contribution in [2.75, 3.05) is 31.1 Å². The number of nitrogens with zero attached hydrogens (tertiary/aromatic N) is 3. The SMILES string of the molecule is CCOC(=O)CCc1ccc2c(c1)N(Cc1ccc(C(=N)N3CCCC3)cc1)C(=O)CN(C(=O)c1ccc(Cl)cc1)C2.O=C(O)C(F)(F)F. The maximum absolute atomic E-state index is 13.8. The maximum atomic E-state index is 13.8. The number of anilines is 1. The Labute approximate surface area is 286 Å². The summed E-state index contributed by atoms with van der Waals surface area (Å²) in [5.74, 6) is -2.94. The monoisotopic (exact) mass is 700 g/mol. The Morgan fingerprint density at radius 2 is 1.49 bits per heavy atom. The second kappa shape index (κ2) is 16.5. The van der Waals surface area contributed by atoms with Gasteiger partial charge in [0.25, 0.3) is 5.91 Å². The number of carbonyl (C=O) groups excluding carboxylic acids is 3. The number of hydrogen-bond donors (Lipinski definition) is 2. The summed E-state index contributed by atoms with van der Waals surface area (Å²) in [6, 6.07) is 20.3. The van der Waals surface area contributed by atoms with E-state index in [2.05, 4.69) is 4.90 Å². The lowest BCUT2D eigenvalue weighted by atomic mass is 10.0. The van der Waals surface area contributed by atoms with Gasteiger partial charge in [0, 0.05) is 47.9 Å². The molecule has 2 aliphatic heterocycles. The average Bonchev–Trinajstić information content (AvgIpc) is 3.57. The van der Waals surface area contributed by atoms with Crippen molar-refractivity contribution < 1.29 is 42.2 Å². The van der Waals surface area contributed by atoms with Crippen LogP contribution in [0.15, 0.2) is 66.7 Å². The Morgan fingerprint density at radius 3 is 2.08 bits per heavy atom. The molecule has 260 valence electrons. The van der Waals surface area contributed by atoms with E-state index in [4.69, 9.17) is 31.6 Å². The van der Waals surface area contributed by atoms with Crippen LogP contribution in [0.4, 0.5) is 18.9 Å². The number of nitrogens with one attached hydrogen (secondary N) is 1. The summed E-state index contributed by atoms with van der Waals surface area (Å²) >= 11 is 6.02. The molecule has 2 N–H and O–H groups in total. The highest BCUT2D eigenvalue weighted by Crippen LogP contribution is 2.30. The van der Waals surface area contributed by atoms with Crippen LogP contribution in [-0.4, -0.2) is 76.9 Å². The van der Waals surface area contributed by atoms with E-state index in [1.165, 1.54) is 0 Å². The van der Waals surface area contributed by atoms with Crippen LogP contribution >= 0.6 is 11.6 Å². The Hall–Kier alpha value is -4.91. The number of likely N-dealkylation sites (tertiary alicyclic amines) is 1. The van der Waals surface area contributed by atoms with Crippen LogP contribution in [0.2, 0.25) is 5.02 Å². The third kappa shape index (κ3) is 10.0. The smallest absolute Gasteiger partial charge is 0.475 e. The number of esters is 1. The number of hydrogen-bond acceptors (Lipinski definition) is 6. The molecule has 0 aromatic heterocycles. The number of fused-ring (bicyclic) bond motifs is 1. The van der Waals surface area contributed by atoms with Crippen molar-refractivity contribution in [1.29, 1.82) is 5.41 Å². The summed E-state index contributed by atoms with van der Waals surface area (Å²) in [6.45, 7) is 4.43. The normalized spacial score (nSPS) is 14.4. The van der Waals surface area contributed by atoms with E-state index in [-0.39, 0.29) is 37.3 Å².